The molecule has 1 aliphatic carbocycles. The van der Waals surface area contributed by atoms with E-state index >= 15 is 0 Å². The molecule has 1 saturated carbocycles. The third kappa shape index (κ3) is 1.94. The van der Waals surface area contributed by atoms with Gasteiger partial charge in [0.25, 0.3) is 0 Å². The van der Waals surface area contributed by atoms with Crippen LogP contribution in [0.25, 0.3) is 11.0 Å². The minimum absolute atomic E-state index is 0.448. The maximum atomic E-state index is 6.00. The molecule has 3 rings (SSSR count). The van der Waals surface area contributed by atoms with E-state index < -0.39 is 0 Å². The summed E-state index contributed by atoms with van der Waals surface area (Å²) in [5.41, 5.74) is 2.09. The molecular weight excluding hydrogens is 255 g/mol. The molecule has 1 unspecified atom stereocenters. The summed E-state index contributed by atoms with van der Waals surface area (Å²) < 4.78 is 2.27. The van der Waals surface area contributed by atoms with Crippen molar-refractivity contribution in [3.05, 3.63) is 29.0 Å². The number of rotatable bonds is 3. The lowest BCUT2D eigenvalue weighted by atomic mass is 10.2. The molecule has 1 aromatic carbocycles. The zero-order valence-corrected chi connectivity index (χ0v) is 11.2. The smallest absolute Gasteiger partial charge is 0.125 e. The molecule has 1 aliphatic rings. The van der Waals surface area contributed by atoms with E-state index in [0.29, 0.717) is 11.9 Å². The van der Waals surface area contributed by atoms with Crippen LogP contribution < -0.4 is 0 Å². The van der Waals surface area contributed by atoms with Crippen molar-refractivity contribution in [2.45, 2.75) is 31.7 Å². The van der Waals surface area contributed by atoms with Crippen LogP contribution in [-0.4, -0.2) is 9.55 Å². The fraction of sp³-hybridized carbons (Fsp3) is 0.462. The highest BCUT2D eigenvalue weighted by Crippen LogP contribution is 2.41. The lowest BCUT2D eigenvalue weighted by Gasteiger charge is -2.16. The van der Waals surface area contributed by atoms with Gasteiger partial charge in [0.15, 0.2) is 0 Å². The molecule has 0 amide bonds. The van der Waals surface area contributed by atoms with Gasteiger partial charge in [-0.15, -0.1) is 11.6 Å². The summed E-state index contributed by atoms with van der Waals surface area (Å²) in [6, 6.07) is 6.34. The molecule has 2 aromatic rings. The Morgan fingerprint density at radius 1 is 1.47 bits per heavy atom. The number of halogens is 2. The Bertz CT molecular complexity index is 558. The normalized spacial score (nSPS) is 17.6. The van der Waals surface area contributed by atoms with Crippen molar-refractivity contribution in [3.63, 3.8) is 0 Å². The number of fused-ring (bicyclic) bond motifs is 1. The van der Waals surface area contributed by atoms with Crippen LogP contribution in [0, 0.1) is 5.92 Å². The average molecular weight is 269 g/mol. The quantitative estimate of drug-likeness (QED) is 0.755. The Hall–Kier alpha value is -0.730. The predicted molar refractivity (Wildman–Crippen MR) is 71.7 cm³/mol. The molecule has 1 heterocycles. The number of hydrogen-bond donors (Lipinski definition) is 0. The zero-order valence-electron chi connectivity index (χ0n) is 9.66. The SMILES string of the molecule is CC(C1CC1)n1c(CCl)nc2cc(Cl)ccc21. The summed E-state index contributed by atoms with van der Waals surface area (Å²) in [5.74, 6) is 2.18. The van der Waals surface area contributed by atoms with Crippen molar-refractivity contribution in [1.29, 1.82) is 0 Å². The van der Waals surface area contributed by atoms with Crippen LogP contribution in [0.2, 0.25) is 5.02 Å². The van der Waals surface area contributed by atoms with Gasteiger partial charge >= 0.3 is 0 Å². The Morgan fingerprint density at radius 2 is 2.24 bits per heavy atom. The number of imidazole rings is 1. The lowest BCUT2D eigenvalue weighted by Crippen LogP contribution is -2.10. The van der Waals surface area contributed by atoms with Gasteiger partial charge < -0.3 is 4.57 Å². The Morgan fingerprint density at radius 3 is 2.88 bits per heavy atom. The maximum Gasteiger partial charge on any atom is 0.125 e. The van der Waals surface area contributed by atoms with Gasteiger partial charge in [-0.3, -0.25) is 0 Å². The molecule has 1 fully saturated rings. The molecule has 4 heteroatoms. The van der Waals surface area contributed by atoms with E-state index in [1.54, 1.807) is 0 Å². The number of aromatic nitrogens is 2. The number of hydrogen-bond acceptors (Lipinski definition) is 1. The average Bonchev–Trinajstić information content (AvgIpc) is 3.09. The molecular formula is C13H14Cl2N2. The van der Waals surface area contributed by atoms with E-state index in [1.807, 2.05) is 18.2 Å². The van der Waals surface area contributed by atoms with Crippen molar-refractivity contribution in [1.82, 2.24) is 9.55 Å². The Kier molecular flexibility index (Phi) is 2.80. The summed E-state index contributed by atoms with van der Waals surface area (Å²) in [4.78, 5) is 4.57. The van der Waals surface area contributed by atoms with E-state index in [9.17, 15) is 0 Å². The van der Waals surface area contributed by atoms with Crippen molar-refractivity contribution in [2.24, 2.45) is 5.92 Å². The Labute approximate surface area is 111 Å². The van der Waals surface area contributed by atoms with Crippen LogP contribution in [0.5, 0.6) is 0 Å². The molecule has 90 valence electrons. The van der Waals surface area contributed by atoms with Crippen molar-refractivity contribution in [3.8, 4) is 0 Å². The summed E-state index contributed by atoms with van der Waals surface area (Å²) in [6.07, 6.45) is 2.63. The fourth-order valence-electron chi connectivity index (χ4n) is 2.46. The molecule has 0 bridgehead atoms. The van der Waals surface area contributed by atoms with Crippen LogP contribution in [-0.2, 0) is 5.88 Å². The van der Waals surface area contributed by atoms with Crippen LogP contribution in [0.15, 0.2) is 18.2 Å². The van der Waals surface area contributed by atoms with E-state index in [2.05, 4.69) is 16.5 Å². The topological polar surface area (TPSA) is 17.8 Å². The molecule has 0 radical (unpaired) electrons. The highest BCUT2D eigenvalue weighted by molar-refractivity contribution is 6.31. The van der Waals surface area contributed by atoms with Crippen LogP contribution >= 0.6 is 23.2 Å². The lowest BCUT2D eigenvalue weighted by molar-refractivity contribution is 0.486. The van der Waals surface area contributed by atoms with E-state index in [-0.39, 0.29) is 0 Å². The predicted octanol–water partition coefficient (Wildman–Crippen LogP) is 4.40. The summed E-state index contributed by atoms with van der Waals surface area (Å²) in [5, 5.41) is 0.724. The molecule has 0 N–H and O–H groups in total. The van der Waals surface area contributed by atoms with Gasteiger partial charge in [-0.1, -0.05) is 11.6 Å². The molecule has 1 aromatic heterocycles. The largest absolute Gasteiger partial charge is 0.324 e. The first kappa shape index (κ1) is 11.4. The van der Waals surface area contributed by atoms with Gasteiger partial charge in [0.05, 0.1) is 16.9 Å². The third-order valence-electron chi connectivity index (χ3n) is 3.56. The molecule has 1 atom stereocenters. The summed E-state index contributed by atoms with van der Waals surface area (Å²) in [6.45, 7) is 2.25. The minimum atomic E-state index is 0.448. The number of alkyl halides is 1. The Balaban J connectivity index is 2.18. The third-order valence-corrected chi connectivity index (χ3v) is 4.03. The van der Waals surface area contributed by atoms with Gasteiger partial charge in [-0.05, 0) is 43.9 Å². The van der Waals surface area contributed by atoms with Gasteiger partial charge in [0.1, 0.15) is 5.82 Å². The zero-order chi connectivity index (χ0) is 12.0. The summed E-state index contributed by atoms with van der Waals surface area (Å²) in [7, 11) is 0. The standard InChI is InChI=1S/C13H14Cl2N2/c1-8(9-2-3-9)17-12-5-4-10(15)6-11(12)16-13(17)7-14/h4-6,8-9H,2-3,7H2,1H3. The molecule has 17 heavy (non-hydrogen) atoms. The molecule has 0 saturated heterocycles. The van der Waals surface area contributed by atoms with Crippen LogP contribution in [0.1, 0.15) is 31.6 Å². The summed E-state index contributed by atoms with van der Waals surface area (Å²) >= 11 is 12.0. The fourth-order valence-corrected chi connectivity index (χ4v) is 2.81. The highest BCUT2D eigenvalue weighted by Gasteiger charge is 2.31. The van der Waals surface area contributed by atoms with E-state index in [0.717, 1.165) is 27.8 Å². The molecule has 2 nitrogen and oxygen atoms in total. The molecule has 0 spiro atoms. The van der Waals surface area contributed by atoms with Crippen LogP contribution in [0.3, 0.4) is 0 Å². The molecule has 0 aliphatic heterocycles. The van der Waals surface area contributed by atoms with E-state index in [4.69, 9.17) is 23.2 Å². The second-order valence-corrected chi connectivity index (χ2v) is 5.45. The van der Waals surface area contributed by atoms with E-state index in [1.165, 1.54) is 12.8 Å². The first-order chi connectivity index (χ1) is 8.20. The van der Waals surface area contributed by atoms with Crippen molar-refractivity contribution < 1.29 is 0 Å². The first-order valence-corrected chi connectivity index (χ1v) is 6.84. The second kappa shape index (κ2) is 4.18. The van der Waals surface area contributed by atoms with Crippen LogP contribution in [0.4, 0.5) is 0 Å². The van der Waals surface area contributed by atoms with Crippen molar-refractivity contribution in [2.75, 3.05) is 0 Å². The van der Waals surface area contributed by atoms with Gasteiger partial charge in [-0.2, -0.15) is 0 Å². The number of nitrogens with zero attached hydrogens (tertiary/aromatic N) is 2. The van der Waals surface area contributed by atoms with Gasteiger partial charge in [0, 0.05) is 11.1 Å². The minimum Gasteiger partial charge on any atom is -0.324 e. The van der Waals surface area contributed by atoms with Gasteiger partial charge in [-0.25, -0.2) is 4.98 Å². The number of benzene rings is 1. The maximum absolute atomic E-state index is 6.00. The monoisotopic (exact) mass is 268 g/mol. The highest BCUT2D eigenvalue weighted by atomic mass is 35.5. The van der Waals surface area contributed by atoms with Crippen molar-refractivity contribution >= 4 is 34.2 Å². The first-order valence-electron chi connectivity index (χ1n) is 5.93. The van der Waals surface area contributed by atoms with Gasteiger partial charge in [0.2, 0.25) is 0 Å². The second-order valence-electron chi connectivity index (χ2n) is 4.74.